The van der Waals surface area contributed by atoms with Crippen LogP contribution in [0.15, 0.2) is 30.6 Å². The van der Waals surface area contributed by atoms with Crippen molar-refractivity contribution in [3.05, 3.63) is 36.3 Å². The molecule has 0 unspecified atom stereocenters. The second-order valence-electron chi connectivity index (χ2n) is 9.94. The summed E-state index contributed by atoms with van der Waals surface area (Å²) in [5.41, 5.74) is 2.43. The molecule has 1 spiro atoms. The molecule has 180 valence electrons. The molecule has 1 aliphatic carbocycles. The zero-order valence-corrected chi connectivity index (χ0v) is 20.0. The largest absolute Gasteiger partial charge is 0.366 e. The lowest BCUT2D eigenvalue weighted by Gasteiger charge is -2.42. The van der Waals surface area contributed by atoms with Crippen molar-refractivity contribution in [1.29, 1.82) is 0 Å². The molecule has 9 nitrogen and oxygen atoms in total. The number of fused-ring (bicyclic) bond motifs is 4. The molecule has 6 rings (SSSR count). The third-order valence-electron chi connectivity index (χ3n) is 7.80. The van der Waals surface area contributed by atoms with Gasteiger partial charge in [0.05, 0.1) is 23.5 Å². The van der Waals surface area contributed by atoms with Crippen molar-refractivity contribution >= 4 is 34.4 Å². The molecule has 1 saturated heterocycles. The third kappa shape index (κ3) is 3.78. The molecule has 9 heteroatoms. The summed E-state index contributed by atoms with van der Waals surface area (Å²) < 4.78 is 2.18. The number of pyridine rings is 1. The molecule has 0 aromatic carbocycles. The van der Waals surface area contributed by atoms with Gasteiger partial charge < -0.3 is 20.1 Å². The number of aromatic nitrogens is 4. The zero-order chi connectivity index (χ0) is 24.0. The van der Waals surface area contributed by atoms with Crippen LogP contribution in [0.2, 0.25) is 0 Å². The molecule has 3 aromatic rings. The Morgan fingerprint density at radius 1 is 1.17 bits per heavy atom. The highest BCUT2D eigenvalue weighted by Crippen LogP contribution is 2.40. The van der Waals surface area contributed by atoms with Crippen LogP contribution in [-0.2, 0) is 5.54 Å². The zero-order valence-electron chi connectivity index (χ0n) is 20.0. The predicted octanol–water partition coefficient (Wildman–Crippen LogP) is 2.73. The van der Waals surface area contributed by atoms with Crippen molar-refractivity contribution in [3.8, 4) is 12.3 Å². The summed E-state index contributed by atoms with van der Waals surface area (Å²) in [6, 6.07) is 6.00. The smallest absolute Gasteiger partial charge is 0.268 e. The van der Waals surface area contributed by atoms with Crippen molar-refractivity contribution in [1.82, 2.24) is 29.7 Å². The molecule has 2 aliphatic heterocycles. The molecule has 1 atom stereocenters. The van der Waals surface area contributed by atoms with Gasteiger partial charge >= 0.3 is 0 Å². The monoisotopic (exact) mass is 470 g/mol. The first-order valence-electron chi connectivity index (χ1n) is 12.4. The summed E-state index contributed by atoms with van der Waals surface area (Å²) in [5.74, 6) is 3.97. The quantitative estimate of drug-likeness (QED) is 0.569. The fraction of sp³-hybridized carbons (Fsp3) is 0.462. The number of amides is 1. The number of anilines is 3. The molecule has 0 radical (unpaired) electrons. The van der Waals surface area contributed by atoms with Gasteiger partial charge in [-0.1, -0.05) is 25.2 Å². The first-order chi connectivity index (χ1) is 17.1. The maximum atomic E-state index is 12.7. The maximum absolute atomic E-state index is 12.7. The Bertz CT molecular complexity index is 1300. The van der Waals surface area contributed by atoms with E-state index in [2.05, 4.69) is 47.9 Å². The van der Waals surface area contributed by atoms with Crippen LogP contribution in [0.5, 0.6) is 0 Å². The van der Waals surface area contributed by atoms with Gasteiger partial charge in [-0.3, -0.25) is 9.69 Å². The molecule has 5 heterocycles. The van der Waals surface area contributed by atoms with Crippen molar-refractivity contribution in [2.24, 2.45) is 0 Å². The second-order valence-corrected chi connectivity index (χ2v) is 9.94. The lowest BCUT2D eigenvalue weighted by Crippen LogP contribution is -2.52. The average Bonchev–Trinajstić information content (AvgIpc) is 3.29. The predicted molar refractivity (Wildman–Crippen MR) is 136 cm³/mol. The van der Waals surface area contributed by atoms with E-state index >= 15 is 0 Å². The van der Waals surface area contributed by atoms with Crippen LogP contribution >= 0.6 is 0 Å². The Kier molecular flexibility index (Phi) is 5.33. The number of likely N-dealkylation sites (N-methyl/N-ethyl adjacent to an activating group) is 1. The van der Waals surface area contributed by atoms with E-state index in [9.17, 15) is 4.79 Å². The SMILES string of the molecule is C#C[C@H]1CN(c2ccc(Nc3ncc4cc5n(c4n3)C3(CCCCC3)CNC5=O)nc2)CCN1C. The molecule has 1 saturated carbocycles. The number of terminal acetylenes is 1. The van der Waals surface area contributed by atoms with Crippen LogP contribution in [0.3, 0.4) is 0 Å². The van der Waals surface area contributed by atoms with Crippen molar-refractivity contribution in [2.75, 3.05) is 43.4 Å². The van der Waals surface area contributed by atoms with Crippen LogP contribution in [0.25, 0.3) is 11.0 Å². The molecule has 35 heavy (non-hydrogen) atoms. The first-order valence-corrected chi connectivity index (χ1v) is 12.4. The summed E-state index contributed by atoms with van der Waals surface area (Å²) in [7, 11) is 2.06. The number of carbonyl (C=O) groups excluding carboxylic acids is 1. The van der Waals surface area contributed by atoms with Gasteiger partial charge in [0.15, 0.2) is 0 Å². The van der Waals surface area contributed by atoms with E-state index in [0.717, 1.165) is 62.0 Å². The fourth-order valence-corrected chi connectivity index (χ4v) is 5.77. The Morgan fingerprint density at radius 3 is 2.80 bits per heavy atom. The van der Waals surface area contributed by atoms with Crippen molar-refractivity contribution in [2.45, 2.75) is 43.7 Å². The van der Waals surface area contributed by atoms with Gasteiger partial charge in [-0.15, -0.1) is 6.42 Å². The average molecular weight is 471 g/mol. The van der Waals surface area contributed by atoms with E-state index in [1.54, 1.807) is 6.20 Å². The normalized spacial score (nSPS) is 22.0. The van der Waals surface area contributed by atoms with Crippen LogP contribution < -0.4 is 15.5 Å². The molecule has 2 fully saturated rings. The van der Waals surface area contributed by atoms with E-state index in [1.165, 1.54) is 6.42 Å². The standard InChI is InChI=1S/C26H30N8O/c1-3-19-16-33(12-11-32(19)2)20-7-8-22(27-15-20)30-25-28-14-18-13-21-24(35)29-17-26(9-5-4-6-10-26)34(21)23(18)31-25/h1,7-8,13-15,19H,4-6,9-12,16-17H2,2H3,(H,29,35)(H,27,28,30,31)/t19-/m0/s1. The lowest BCUT2D eigenvalue weighted by atomic mass is 9.80. The van der Waals surface area contributed by atoms with E-state index in [1.807, 2.05) is 24.4 Å². The van der Waals surface area contributed by atoms with Gasteiger partial charge in [-0.2, -0.15) is 4.98 Å². The van der Waals surface area contributed by atoms with Crippen LogP contribution in [0.1, 0.15) is 42.6 Å². The number of piperazine rings is 1. The third-order valence-corrected chi connectivity index (χ3v) is 7.80. The molecular weight excluding hydrogens is 440 g/mol. The summed E-state index contributed by atoms with van der Waals surface area (Å²) in [6.45, 7) is 3.28. The van der Waals surface area contributed by atoms with Gasteiger partial charge in [-0.05, 0) is 38.1 Å². The number of nitrogens with one attached hydrogen (secondary N) is 2. The van der Waals surface area contributed by atoms with E-state index < -0.39 is 0 Å². The highest BCUT2D eigenvalue weighted by molar-refractivity contribution is 5.99. The minimum atomic E-state index is -0.104. The van der Waals surface area contributed by atoms with Gasteiger partial charge in [-0.25, -0.2) is 9.97 Å². The summed E-state index contributed by atoms with van der Waals surface area (Å²) in [5, 5.41) is 7.23. The van der Waals surface area contributed by atoms with Crippen LogP contribution in [0, 0.1) is 12.3 Å². The highest BCUT2D eigenvalue weighted by Gasteiger charge is 2.41. The summed E-state index contributed by atoms with van der Waals surface area (Å²) in [6.07, 6.45) is 15.0. The molecule has 3 aliphatic rings. The number of hydrogen-bond donors (Lipinski definition) is 2. The highest BCUT2D eigenvalue weighted by atomic mass is 16.2. The number of rotatable bonds is 3. The number of hydrogen-bond acceptors (Lipinski definition) is 7. The van der Waals surface area contributed by atoms with E-state index in [4.69, 9.17) is 11.4 Å². The van der Waals surface area contributed by atoms with E-state index in [-0.39, 0.29) is 17.5 Å². The Hall–Kier alpha value is -3.64. The Morgan fingerprint density at radius 2 is 2.03 bits per heavy atom. The molecule has 0 bridgehead atoms. The lowest BCUT2D eigenvalue weighted by molar-refractivity contribution is 0.0833. The molecule has 2 N–H and O–H groups in total. The summed E-state index contributed by atoms with van der Waals surface area (Å²) >= 11 is 0. The molecule has 1 amide bonds. The number of nitrogens with zero attached hydrogens (tertiary/aromatic N) is 6. The minimum Gasteiger partial charge on any atom is -0.366 e. The minimum absolute atomic E-state index is 0.0399. The van der Waals surface area contributed by atoms with Crippen LogP contribution in [0.4, 0.5) is 17.5 Å². The topological polar surface area (TPSA) is 91.2 Å². The van der Waals surface area contributed by atoms with E-state index in [0.29, 0.717) is 24.0 Å². The van der Waals surface area contributed by atoms with Crippen LogP contribution in [-0.4, -0.2) is 69.6 Å². The van der Waals surface area contributed by atoms with Crippen molar-refractivity contribution in [3.63, 3.8) is 0 Å². The number of carbonyl (C=O) groups is 1. The van der Waals surface area contributed by atoms with Gasteiger partial charge in [0.25, 0.3) is 5.91 Å². The van der Waals surface area contributed by atoms with Gasteiger partial charge in [0.2, 0.25) is 5.95 Å². The maximum Gasteiger partial charge on any atom is 0.268 e. The first kappa shape index (κ1) is 21.9. The molecular formula is C26H30N8O. The van der Waals surface area contributed by atoms with Gasteiger partial charge in [0, 0.05) is 37.8 Å². The summed E-state index contributed by atoms with van der Waals surface area (Å²) in [4.78, 5) is 31.1. The fourth-order valence-electron chi connectivity index (χ4n) is 5.77. The Balaban J connectivity index is 1.27. The second kappa shape index (κ2) is 8.54. The Labute approximate surface area is 204 Å². The van der Waals surface area contributed by atoms with Crippen molar-refractivity contribution < 1.29 is 4.79 Å². The molecule has 3 aromatic heterocycles. The van der Waals surface area contributed by atoms with Gasteiger partial charge in [0.1, 0.15) is 17.2 Å².